The van der Waals surface area contributed by atoms with Gasteiger partial charge in [0.1, 0.15) is 0 Å². The SMILES string of the molecule is CC(C)(C)S(=O)(=O)CCCCC(=O)c1ccccc1. The topological polar surface area (TPSA) is 51.2 Å². The minimum absolute atomic E-state index is 0.0776. The number of benzene rings is 1. The number of unbranched alkanes of at least 4 members (excludes halogenated alkanes) is 1. The van der Waals surface area contributed by atoms with Crippen LogP contribution in [0.1, 0.15) is 50.4 Å². The van der Waals surface area contributed by atoms with Crippen LogP contribution in [0.2, 0.25) is 0 Å². The zero-order valence-corrected chi connectivity index (χ0v) is 12.7. The van der Waals surface area contributed by atoms with E-state index in [9.17, 15) is 13.2 Å². The van der Waals surface area contributed by atoms with Crippen LogP contribution in [0.4, 0.5) is 0 Å². The maximum atomic E-state index is 11.9. The molecule has 0 bridgehead atoms. The van der Waals surface area contributed by atoms with Crippen molar-refractivity contribution >= 4 is 15.6 Å². The maximum Gasteiger partial charge on any atom is 0.162 e. The van der Waals surface area contributed by atoms with Gasteiger partial charge in [0.15, 0.2) is 15.6 Å². The molecule has 0 atom stereocenters. The van der Waals surface area contributed by atoms with Crippen LogP contribution in [0.25, 0.3) is 0 Å². The van der Waals surface area contributed by atoms with Gasteiger partial charge in [-0.2, -0.15) is 0 Å². The van der Waals surface area contributed by atoms with Gasteiger partial charge in [-0.1, -0.05) is 30.3 Å². The summed E-state index contributed by atoms with van der Waals surface area (Å²) in [6, 6.07) is 9.10. The highest BCUT2D eigenvalue weighted by Crippen LogP contribution is 2.18. The van der Waals surface area contributed by atoms with Gasteiger partial charge in [0.05, 0.1) is 10.5 Å². The fourth-order valence-corrected chi connectivity index (χ4v) is 2.85. The number of ketones is 1. The lowest BCUT2D eigenvalue weighted by Gasteiger charge is -2.18. The standard InChI is InChI=1S/C15H22O3S/c1-15(2,3)19(17,18)12-8-7-11-14(16)13-9-5-4-6-10-13/h4-6,9-10H,7-8,11-12H2,1-3H3. The molecule has 1 aromatic carbocycles. The predicted octanol–water partition coefficient (Wildman–Crippen LogP) is 3.25. The van der Waals surface area contributed by atoms with Crippen LogP contribution < -0.4 is 0 Å². The summed E-state index contributed by atoms with van der Waals surface area (Å²) in [5.41, 5.74) is 0.696. The van der Waals surface area contributed by atoms with E-state index in [0.29, 0.717) is 24.8 Å². The van der Waals surface area contributed by atoms with Crippen LogP contribution in [0.15, 0.2) is 30.3 Å². The number of hydrogen-bond acceptors (Lipinski definition) is 3. The fourth-order valence-electron chi connectivity index (χ4n) is 1.65. The lowest BCUT2D eigenvalue weighted by Crippen LogP contribution is -2.30. The Balaban J connectivity index is 2.39. The molecule has 0 aliphatic carbocycles. The molecule has 0 aromatic heterocycles. The molecule has 0 saturated heterocycles. The molecule has 0 saturated carbocycles. The largest absolute Gasteiger partial charge is 0.294 e. The molecule has 0 unspecified atom stereocenters. The summed E-state index contributed by atoms with van der Waals surface area (Å²) in [5, 5.41) is 0. The summed E-state index contributed by atoms with van der Waals surface area (Å²) in [6.07, 6.45) is 1.56. The van der Waals surface area contributed by atoms with E-state index in [1.54, 1.807) is 32.9 Å². The van der Waals surface area contributed by atoms with Gasteiger partial charge in [-0.25, -0.2) is 8.42 Å². The van der Waals surface area contributed by atoms with Crippen molar-refractivity contribution in [3.05, 3.63) is 35.9 Å². The first-order chi connectivity index (χ1) is 8.74. The van der Waals surface area contributed by atoms with Gasteiger partial charge >= 0.3 is 0 Å². The average Bonchev–Trinajstić information content (AvgIpc) is 2.34. The molecule has 0 radical (unpaired) electrons. The second kappa shape index (κ2) is 6.33. The summed E-state index contributed by atoms with van der Waals surface area (Å²) >= 11 is 0. The fraction of sp³-hybridized carbons (Fsp3) is 0.533. The molecule has 19 heavy (non-hydrogen) atoms. The summed E-state index contributed by atoms with van der Waals surface area (Å²) in [4.78, 5) is 11.8. The highest BCUT2D eigenvalue weighted by molar-refractivity contribution is 7.92. The van der Waals surface area contributed by atoms with E-state index in [0.717, 1.165) is 0 Å². The van der Waals surface area contributed by atoms with E-state index in [1.807, 2.05) is 18.2 Å². The number of carbonyl (C=O) groups is 1. The molecule has 1 rings (SSSR count). The average molecular weight is 282 g/mol. The molecule has 0 heterocycles. The van der Waals surface area contributed by atoms with Crippen molar-refractivity contribution in [1.82, 2.24) is 0 Å². The van der Waals surface area contributed by atoms with Crippen LogP contribution in [0.3, 0.4) is 0 Å². The molecular weight excluding hydrogens is 260 g/mol. The smallest absolute Gasteiger partial charge is 0.162 e. The Kier molecular flexibility index (Phi) is 5.29. The Morgan fingerprint density at radius 1 is 1.05 bits per heavy atom. The lowest BCUT2D eigenvalue weighted by atomic mass is 10.1. The normalized spacial score (nSPS) is 12.4. The molecule has 0 amide bonds. The van der Waals surface area contributed by atoms with Crippen LogP contribution in [0, 0.1) is 0 Å². The third kappa shape index (κ3) is 4.78. The zero-order valence-electron chi connectivity index (χ0n) is 11.8. The quantitative estimate of drug-likeness (QED) is 0.594. The minimum atomic E-state index is -3.07. The molecular formula is C15H22O3S. The van der Waals surface area contributed by atoms with Crippen molar-refractivity contribution in [3.8, 4) is 0 Å². The van der Waals surface area contributed by atoms with Crippen molar-refractivity contribution in [1.29, 1.82) is 0 Å². The molecule has 0 fully saturated rings. The number of hydrogen-bond donors (Lipinski definition) is 0. The van der Waals surface area contributed by atoms with Gasteiger partial charge in [0.25, 0.3) is 0 Å². The summed E-state index contributed by atoms with van der Waals surface area (Å²) in [5.74, 6) is 0.229. The van der Waals surface area contributed by atoms with E-state index in [-0.39, 0.29) is 11.5 Å². The first-order valence-electron chi connectivity index (χ1n) is 6.54. The first kappa shape index (κ1) is 15.9. The minimum Gasteiger partial charge on any atom is -0.294 e. The van der Waals surface area contributed by atoms with Crippen molar-refractivity contribution < 1.29 is 13.2 Å². The second-order valence-corrected chi connectivity index (χ2v) is 8.54. The van der Waals surface area contributed by atoms with E-state index < -0.39 is 14.6 Å². The Labute approximate surface area is 116 Å². The molecule has 4 heteroatoms. The number of sulfone groups is 1. The Bertz CT molecular complexity index is 510. The van der Waals surface area contributed by atoms with E-state index >= 15 is 0 Å². The summed E-state index contributed by atoms with van der Waals surface area (Å²) < 4.78 is 23.1. The molecule has 1 aromatic rings. The van der Waals surface area contributed by atoms with Gasteiger partial charge in [-0.15, -0.1) is 0 Å². The zero-order chi connectivity index (χ0) is 14.5. The van der Waals surface area contributed by atoms with Crippen molar-refractivity contribution in [2.75, 3.05) is 5.75 Å². The van der Waals surface area contributed by atoms with Crippen LogP contribution >= 0.6 is 0 Å². The maximum absolute atomic E-state index is 11.9. The molecule has 0 aliphatic heterocycles. The highest BCUT2D eigenvalue weighted by atomic mass is 32.2. The van der Waals surface area contributed by atoms with Gasteiger partial charge in [0.2, 0.25) is 0 Å². The van der Waals surface area contributed by atoms with Crippen molar-refractivity contribution in [3.63, 3.8) is 0 Å². The van der Waals surface area contributed by atoms with Crippen molar-refractivity contribution in [2.24, 2.45) is 0 Å². The van der Waals surface area contributed by atoms with E-state index in [2.05, 4.69) is 0 Å². The molecule has 0 aliphatic rings. The van der Waals surface area contributed by atoms with Crippen LogP contribution in [-0.2, 0) is 9.84 Å². The van der Waals surface area contributed by atoms with Gasteiger partial charge in [-0.05, 0) is 33.6 Å². The van der Waals surface area contributed by atoms with E-state index in [1.165, 1.54) is 0 Å². The second-order valence-electron chi connectivity index (χ2n) is 5.68. The molecule has 0 N–H and O–H groups in total. The van der Waals surface area contributed by atoms with Crippen LogP contribution in [0.5, 0.6) is 0 Å². The van der Waals surface area contributed by atoms with Crippen molar-refractivity contribution in [2.45, 2.75) is 44.8 Å². The Morgan fingerprint density at radius 2 is 1.63 bits per heavy atom. The lowest BCUT2D eigenvalue weighted by molar-refractivity contribution is 0.0980. The summed E-state index contributed by atoms with van der Waals surface area (Å²) in [6.45, 7) is 5.12. The molecule has 3 nitrogen and oxygen atoms in total. The predicted molar refractivity (Wildman–Crippen MR) is 78.2 cm³/mol. The monoisotopic (exact) mass is 282 g/mol. The van der Waals surface area contributed by atoms with Gasteiger partial charge in [0, 0.05) is 12.0 Å². The Hall–Kier alpha value is -1.16. The van der Waals surface area contributed by atoms with Gasteiger partial charge < -0.3 is 0 Å². The highest BCUT2D eigenvalue weighted by Gasteiger charge is 2.28. The number of Topliss-reactive ketones (excluding diaryl/α,β-unsaturated/α-hetero) is 1. The van der Waals surface area contributed by atoms with Crippen LogP contribution in [-0.4, -0.2) is 24.7 Å². The number of carbonyl (C=O) groups excluding carboxylic acids is 1. The first-order valence-corrected chi connectivity index (χ1v) is 8.20. The Morgan fingerprint density at radius 3 is 2.16 bits per heavy atom. The molecule has 106 valence electrons. The third-order valence-corrected chi connectivity index (χ3v) is 5.79. The van der Waals surface area contributed by atoms with Gasteiger partial charge in [-0.3, -0.25) is 4.79 Å². The molecule has 0 spiro atoms. The third-order valence-electron chi connectivity index (χ3n) is 3.10. The number of rotatable bonds is 6. The summed E-state index contributed by atoms with van der Waals surface area (Å²) in [7, 11) is -3.07. The van der Waals surface area contributed by atoms with E-state index in [4.69, 9.17) is 0 Å².